The summed E-state index contributed by atoms with van der Waals surface area (Å²) in [5.74, 6) is -3.01. The summed E-state index contributed by atoms with van der Waals surface area (Å²) < 4.78 is 16.7. The Labute approximate surface area is 261 Å². The molecule has 3 rings (SSSR count). The molecule has 1 aliphatic rings. The highest BCUT2D eigenvalue weighted by molar-refractivity contribution is 7.99. The minimum Gasteiger partial charge on any atom is -0.459 e. The van der Waals surface area contributed by atoms with Crippen LogP contribution in [0.5, 0.6) is 0 Å². The molecule has 0 radical (unpaired) electrons. The van der Waals surface area contributed by atoms with Crippen LogP contribution in [0.4, 0.5) is 0 Å². The first kappa shape index (κ1) is 34.1. The third kappa shape index (κ3) is 11.3. The maximum absolute atomic E-state index is 12.9. The van der Waals surface area contributed by atoms with Gasteiger partial charge in [-0.15, -0.1) is 5.10 Å². The van der Waals surface area contributed by atoms with Gasteiger partial charge in [0.1, 0.15) is 16.2 Å². The van der Waals surface area contributed by atoms with Gasteiger partial charge in [-0.05, 0) is 71.4 Å². The molecule has 1 N–H and O–H groups in total. The summed E-state index contributed by atoms with van der Waals surface area (Å²) in [5.41, 5.74) is -0.451. The molecule has 2 aromatic rings. The molecule has 2 heterocycles. The molecule has 1 amide bonds. The highest BCUT2D eigenvalue weighted by atomic mass is 35.5. The molecule has 10 nitrogen and oxygen atoms in total. The molecule has 0 unspecified atom stereocenters. The number of esters is 2. The number of morpholine rings is 1. The molecular formula is C29H38Cl2N4O6S. The quantitative estimate of drug-likeness (QED) is 0.223. The Kier molecular flexibility index (Phi) is 12.0. The number of carbonyl (C=O) groups excluding carboxylic acids is 3. The van der Waals surface area contributed by atoms with E-state index in [9.17, 15) is 14.4 Å². The van der Waals surface area contributed by atoms with Crippen LogP contribution in [0.1, 0.15) is 58.7 Å². The number of nitrogens with one attached hydrogen (secondary N) is 1. The van der Waals surface area contributed by atoms with Crippen LogP contribution in [-0.2, 0) is 35.1 Å². The Morgan fingerprint density at radius 1 is 1.02 bits per heavy atom. The SMILES string of the molecule is CC(C)(C)OC(=O)C(C(=O)OC(C)(C)C)c1ccc(SCC(=O)NC[C@H]2CN(Cc3ccc(Cl)c(Cl)c3)CCO2)nn1. The predicted molar refractivity (Wildman–Crippen MR) is 162 cm³/mol. The molecule has 1 fully saturated rings. The van der Waals surface area contributed by atoms with Crippen LogP contribution in [0.2, 0.25) is 10.0 Å². The molecule has 0 aliphatic carbocycles. The third-order valence-electron chi connectivity index (χ3n) is 5.73. The van der Waals surface area contributed by atoms with Crippen LogP contribution in [0.3, 0.4) is 0 Å². The van der Waals surface area contributed by atoms with Crippen molar-refractivity contribution in [2.75, 3.05) is 32.0 Å². The van der Waals surface area contributed by atoms with Crippen molar-refractivity contribution in [3.8, 4) is 0 Å². The maximum atomic E-state index is 12.9. The number of thioether (sulfide) groups is 1. The van der Waals surface area contributed by atoms with Gasteiger partial charge in [-0.3, -0.25) is 19.3 Å². The molecule has 0 saturated carbocycles. The smallest absolute Gasteiger partial charge is 0.327 e. The van der Waals surface area contributed by atoms with Crippen LogP contribution in [0.15, 0.2) is 35.4 Å². The minimum atomic E-state index is -1.38. The van der Waals surface area contributed by atoms with Crippen molar-refractivity contribution in [3.05, 3.63) is 51.6 Å². The topological polar surface area (TPSA) is 120 Å². The van der Waals surface area contributed by atoms with Gasteiger partial charge in [0, 0.05) is 26.2 Å². The average Bonchev–Trinajstić information content (AvgIpc) is 2.87. The fourth-order valence-electron chi connectivity index (χ4n) is 3.98. The number of hydrogen-bond acceptors (Lipinski definition) is 10. The van der Waals surface area contributed by atoms with Crippen LogP contribution < -0.4 is 5.32 Å². The first-order valence-corrected chi connectivity index (χ1v) is 15.3. The van der Waals surface area contributed by atoms with E-state index in [-0.39, 0.29) is 23.5 Å². The number of halogens is 2. The molecule has 1 saturated heterocycles. The molecule has 13 heteroatoms. The fourth-order valence-corrected chi connectivity index (χ4v) is 4.95. The number of ether oxygens (including phenoxy) is 3. The van der Waals surface area contributed by atoms with E-state index in [2.05, 4.69) is 20.4 Å². The standard InChI is InChI=1S/C29H38Cl2N4O6S/c1-28(2,3)40-26(37)25(27(38)41-29(4,5)6)22-9-10-24(34-33-22)42-17-23(36)32-14-19-16-35(11-12-39-19)15-18-7-8-20(30)21(31)13-18/h7-10,13,19,25H,11-12,14-17H2,1-6H3,(H,32,36)/t19-/m0/s1. The lowest BCUT2D eigenvalue weighted by Crippen LogP contribution is -2.47. The van der Waals surface area contributed by atoms with Gasteiger partial charge in [0.2, 0.25) is 5.91 Å². The van der Waals surface area contributed by atoms with Crippen molar-refractivity contribution in [1.82, 2.24) is 20.4 Å². The summed E-state index contributed by atoms with van der Waals surface area (Å²) in [6.07, 6.45) is -0.146. The second-order valence-corrected chi connectivity index (χ2v) is 13.7. The summed E-state index contributed by atoms with van der Waals surface area (Å²) in [5, 5.41) is 12.6. The number of aromatic nitrogens is 2. The number of carbonyl (C=O) groups is 3. The van der Waals surface area contributed by atoms with Gasteiger partial charge < -0.3 is 19.5 Å². The monoisotopic (exact) mass is 640 g/mol. The largest absolute Gasteiger partial charge is 0.459 e. The number of amides is 1. The van der Waals surface area contributed by atoms with E-state index in [0.29, 0.717) is 41.3 Å². The van der Waals surface area contributed by atoms with Crippen molar-refractivity contribution in [3.63, 3.8) is 0 Å². The summed E-state index contributed by atoms with van der Waals surface area (Å²) in [7, 11) is 0. The number of nitrogens with zero attached hydrogens (tertiary/aromatic N) is 3. The third-order valence-corrected chi connectivity index (χ3v) is 7.39. The van der Waals surface area contributed by atoms with Crippen LogP contribution in [0.25, 0.3) is 0 Å². The summed E-state index contributed by atoms with van der Waals surface area (Å²) >= 11 is 13.3. The van der Waals surface area contributed by atoms with Crippen molar-refractivity contribution in [2.24, 2.45) is 0 Å². The van der Waals surface area contributed by atoms with E-state index >= 15 is 0 Å². The molecule has 1 aliphatic heterocycles. The molecule has 1 aromatic heterocycles. The van der Waals surface area contributed by atoms with E-state index in [1.54, 1.807) is 53.7 Å². The normalized spacial score (nSPS) is 16.3. The molecule has 230 valence electrons. The molecule has 0 spiro atoms. The van der Waals surface area contributed by atoms with Gasteiger partial charge in [-0.25, -0.2) is 0 Å². The lowest BCUT2D eigenvalue weighted by atomic mass is 10.0. The zero-order chi connectivity index (χ0) is 31.1. The predicted octanol–water partition coefficient (Wildman–Crippen LogP) is 4.66. The molecule has 1 atom stereocenters. The Hall–Kier alpha value is -2.44. The van der Waals surface area contributed by atoms with E-state index < -0.39 is 29.1 Å². The average molecular weight is 642 g/mol. The van der Waals surface area contributed by atoms with Crippen LogP contribution in [-0.4, -0.2) is 82.2 Å². The van der Waals surface area contributed by atoms with Crippen molar-refractivity contribution < 1.29 is 28.6 Å². The maximum Gasteiger partial charge on any atom is 0.327 e. The van der Waals surface area contributed by atoms with Gasteiger partial charge in [-0.2, -0.15) is 5.10 Å². The minimum absolute atomic E-state index is 0.104. The first-order chi connectivity index (χ1) is 19.6. The second kappa shape index (κ2) is 14.8. The van der Waals surface area contributed by atoms with Crippen molar-refractivity contribution in [1.29, 1.82) is 0 Å². The highest BCUT2D eigenvalue weighted by Crippen LogP contribution is 2.25. The number of benzene rings is 1. The zero-order valence-corrected chi connectivity index (χ0v) is 27.1. The van der Waals surface area contributed by atoms with Gasteiger partial charge in [0.15, 0.2) is 5.92 Å². The lowest BCUT2D eigenvalue weighted by Gasteiger charge is -2.33. The van der Waals surface area contributed by atoms with E-state index in [0.717, 1.165) is 12.1 Å². The lowest BCUT2D eigenvalue weighted by molar-refractivity contribution is -0.169. The van der Waals surface area contributed by atoms with Crippen LogP contribution >= 0.6 is 35.0 Å². The Morgan fingerprint density at radius 2 is 1.69 bits per heavy atom. The first-order valence-electron chi connectivity index (χ1n) is 13.6. The van der Waals surface area contributed by atoms with Gasteiger partial charge >= 0.3 is 11.9 Å². The van der Waals surface area contributed by atoms with E-state index in [1.807, 2.05) is 12.1 Å². The van der Waals surface area contributed by atoms with Crippen LogP contribution in [0, 0.1) is 0 Å². The Balaban J connectivity index is 1.51. The molecule has 0 bridgehead atoms. The summed E-state index contributed by atoms with van der Waals surface area (Å²) in [4.78, 5) is 40.5. The Bertz CT molecular complexity index is 1220. The molecule has 42 heavy (non-hydrogen) atoms. The van der Waals surface area contributed by atoms with Gasteiger partial charge in [-0.1, -0.05) is 41.0 Å². The van der Waals surface area contributed by atoms with Gasteiger partial charge in [0.05, 0.1) is 34.2 Å². The van der Waals surface area contributed by atoms with E-state index in [1.165, 1.54) is 17.8 Å². The fraction of sp³-hybridized carbons (Fsp3) is 0.552. The summed E-state index contributed by atoms with van der Waals surface area (Å²) in [6, 6.07) is 8.71. The second-order valence-electron chi connectivity index (χ2n) is 11.9. The highest BCUT2D eigenvalue weighted by Gasteiger charge is 2.37. The number of hydrogen-bond donors (Lipinski definition) is 1. The van der Waals surface area contributed by atoms with Crippen molar-refractivity contribution >= 4 is 52.8 Å². The zero-order valence-electron chi connectivity index (χ0n) is 24.7. The van der Waals surface area contributed by atoms with E-state index in [4.69, 9.17) is 37.4 Å². The molecule has 1 aromatic carbocycles. The Morgan fingerprint density at radius 3 is 2.26 bits per heavy atom. The summed E-state index contributed by atoms with van der Waals surface area (Å²) in [6.45, 7) is 13.3. The van der Waals surface area contributed by atoms with Crippen molar-refractivity contribution in [2.45, 2.75) is 76.3 Å². The number of rotatable bonds is 10. The molecular weight excluding hydrogens is 603 g/mol. The van der Waals surface area contributed by atoms with Gasteiger partial charge in [0.25, 0.3) is 0 Å².